The Morgan fingerprint density at radius 2 is 2.23 bits per heavy atom. The van der Waals surface area contributed by atoms with Crippen molar-refractivity contribution < 1.29 is 14.3 Å². The van der Waals surface area contributed by atoms with Crippen LogP contribution in [0.3, 0.4) is 0 Å². The van der Waals surface area contributed by atoms with E-state index in [4.69, 9.17) is 9.47 Å². The number of carbonyl (C=O) groups is 1. The topological polar surface area (TPSA) is 35.5 Å². The summed E-state index contributed by atoms with van der Waals surface area (Å²) in [5, 5.41) is 0. The average molecular weight is 184 g/mol. The van der Waals surface area contributed by atoms with E-state index in [-0.39, 0.29) is 24.1 Å². The Bertz CT molecular complexity index is 220. The molecule has 2 atom stereocenters. The van der Waals surface area contributed by atoms with Crippen LogP contribution >= 0.6 is 0 Å². The van der Waals surface area contributed by atoms with Crippen LogP contribution in [0.25, 0.3) is 0 Å². The molecule has 1 aliphatic rings. The van der Waals surface area contributed by atoms with E-state index in [1.165, 1.54) is 0 Å². The first kappa shape index (κ1) is 10.3. The number of cyclic esters (lactones) is 1. The third-order valence-corrected chi connectivity index (χ3v) is 2.15. The molecule has 0 bridgehead atoms. The lowest BCUT2D eigenvalue weighted by Crippen LogP contribution is -2.30. The Morgan fingerprint density at radius 1 is 1.62 bits per heavy atom. The van der Waals surface area contributed by atoms with Crippen molar-refractivity contribution in [1.82, 2.24) is 0 Å². The second-order valence-corrected chi connectivity index (χ2v) is 3.52. The number of esters is 1. The summed E-state index contributed by atoms with van der Waals surface area (Å²) >= 11 is 0. The first-order valence-corrected chi connectivity index (χ1v) is 4.59. The molecule has 1 unspecified atom stereocenters. The van der Waals surface area contributed by atoms with Gasteiger partial charge < -0.3 is 9.47 Å². The van der Waals surface area contributed by atoms with E-state index in [0.29, 0.717) is 12.2 Å². The molecule has 0 saturated carbocycles. The summed E-state index contributed by atoms with van der Waals surface area (Å²) in [6.07, 6.45) is -0.419. The molecule has 0 aromatic heterocycles. The van der Waals surface area contributed by atoms with Gasteiger partial charge in [0.1, 0.15) is 12.2 Å². The fraction of sp³-hybridized carbons (Fsp3) is 0.700. The Hall–Kier alpha value is -0.830. The van der Waals surface area contributed by atoms with Gasteiger partial charge in [-0.2, -0.15) is 0 Å². The summed E-state index contributed by atoms with van der Waals surface area (Å²) < 4.78 is 10.6. The minimum absolute atomic E-state index is 0.167. The maximum Gasteiger partial charge on any atom is 0.336 e. The molecule has 0 amide bonds. The Kier molecular flexibility index (Phi) is 3.09. The van der Waals surface area contributed by atoms with Gasteiger partial charge in [-0.05, 0) is 12.8 Å². The lowest BCUT2D eigenvalue weighted by atomic mass is 10.00. The van der Waals surface area contributed by atoms with Crippen molar-refractivity contribution in [2.75, 3.05) is 6.61 Å². The lowest BCUT2D eigenvalue weighted by Gasteiger charge is -2.20. The van der Waals surface area contributed by atoms with E-state index in [1.807, 2.05) is 20.8 Å². The van der Waals surface area contributed by atoms with Crippen LogP contribution in [0.5, 0.6) is 0 Å². The summed E-state index contributed by atoms with van der Waals surface area (Å²) in [6, 6.07) is 0. The van der Waals surface area contributed by atoms with Gasteiger partial charge in [0, 0.05) is 6.61 Å². The zero-order valence-corrected chi connectivity index (χ0v) is 8.37. The van der Waals surface area contributed by atoms with Crippen LogP contribution in [0.4, 0.5) is 0 Å². The van der Waals surface area contributed by atoms with Gasteiger partial charge in [-0.3, -0.25) is 0 Å². The summed E-state index contributed by atoms with van der Waals surface area (Å²) in [5.74, 6) is -0.0584. The minimum atomic E-state index is -0.322. The fourth-order valence-electron chi connectivity index (χ4n) is 1.44. The van der Waals surface area contributed by atoms with E-state index in [1.54, 1.807) is 0 Å². The van der Waals surface area contributed by atoms with E-state index in [0.717, 1.165) is 0 Å². The first-order valence-electron chi connectivity index (χ1n) is 4.59. The molecule has 3 nitrogen and oxygen atoms in total. The molecule has 3 heteroatoms. The van der Waals surface area contributed by atoms with E-state index >= 15 is 0 Å². The van der Waals surface area contributed by atoms with Gasteiger partial charge >= 0.3 is 5.97 Å². The predicted octanol–water partition coefficient (Wildman–Crippen LogP) is 1.53. The summed E-state index contributed by atoms with van der Waals surface area (Å²) in [7, 11) is 0. The van der Waals surface area contributed by atoms with Crippen molar-refractivity contribution >= 4 is 5.97 Å². The van der Waals surface area contributed by atoms with Gasteiger partial charge in [0.25, 0.3) is 0 Å². The SMILES string of the molecule is C=C1C(=O)O[C@H](C(C)C)C1OCC. The molecule has 1 saturated heterocycles. The summed E-state index contributed by atoms with van der Waals surface area (Å²) in [5.41, 5.74) is 0.445. The molecule has 0 spiro atoms. The van der Waals surface area contributed by atoms with Crippen molar-refractivity contribution in [2.45, 2.75) is 33.0 Å². The van der Waals surface area contributed by atoms with E-state index < -0.39 is 0 Å². The molecule has 74 valence electrons. The Labute approximate surface area is 78.7 Å². The standard InChI is InChI=1S/C10H16O3/c1-5-12-9-7(4)10(11)13-8(9)6(2)3/h6,8-9H,4-5H2,1-3H3/t8-,9?/m1/s1. The molecule has 1 fully saturated rings. The van der Waals surface area contributed by atoms with Crippen LogP contribution < -0.4 is 0 Å². The second-order valence-electron chi connectivity index (χ2n) is 3.52. The third-order valence-electron chi connectivity index (χ3n) is 2.15. The van der Waals surface area contributed by atoms with Gasteiger partial charge in [-0.1, -0.05) is 20.4 Å². The normalized spacial score (nSPS) is 28.3. The maximum absolute atomic E-state index is 11.2. The molecule has 0 aromatic carbocycles. The quantitative estimate of drug-likeness (QED) is 0.493. The van der Waals surface area contributed by atoms with E-state index in [9.17, 15) is 4.79 Å². The monoisotopic (exact) mass is 184 g/mol. The average Bonchev–Trinajstić information content (AvgIpc) is 2.33. The van der Waals surface area contributed by atoms with Crippen LogP contribution in [0, 0.1) is 5.92 Å². The number of carbonyl (C=O) groups excluding carboxylic acids is 1. The van der Waals surface area contributed by atoms with Crippen molar-refractivity contribution in [3.63, 3.8) is 0 Å². The molecule has 0 radical (unpaired) electrons. The number of hydrogen-bond acceptors (Lipinski definition) is 3. The highest BCUT2D eigenvalue weighted by Gasteiger charge is 2.40. The van der Waals surface area contributed by atoms with Gasteiger partial charge in [-0.25, -0.2) is 4.79 Å². The van der Waals surface area contributed by atoms with Crippen LogP contribution in [0.2, 0.25) is 0 Å². The highest BCUT2D eigenvalue weighted by Crippen LogP contribution is 2.27. The van der Waals surface area contributed by atoms with E-state index in [2.05, 4.69) is 6.58 Å². The van der Waals surface area contributed by atoms with Gasteiger partial charge in [0.15, 0.2) is 0 Å². The minimum Gasteiger partial charge on any atom is -0.456 e. The number of ether oxygens (including phenoxy) is 2. The number of hydrogen-bond donors (Lipinski definition) is 0. The zero-order valence-electron chi connectivity index (χ0n) is 8.37. The molecule has 1 aliphatic heterocycles. The fourth-order valence-corrected chi connectivity index (χ4v) is 1.44. The van der Waals surface area contributed by atoms with Crippen molar-refractivity contribution in [3.05, 3.63) is 12.2 Å². The maximum atomic E-state index is 11.2. The van der Waals surface area contributed by atoms with Crippen LogP contribution in [0.15, 0.2) is 12.2 Å². The molecule has 1 rings (SSSR count). The van der Waals surface area contributed by atoms with Crippen LogP contribution in [-0.2, 0) is 14.3 Å². The van der Waals surface area contributed by atoms with Crippen LogP contribution in [-0.4, -0.2) is 24.8 Å². The Balaban J connectivity index is 2.74. The molecular weight excluding hydrogens is 168 g/mol. The third kappa shape index (κ3) is 1.91. The largest absolute Gasteiger partial charge is 0.456 e. The zero-order chi connectivity index (χ0) is 10.0. The molecule has 13 heavy (non-hydrogen) atoms. The van der Waals surface area contributed by atoms with Gasteiger partial charge in [0.05, 0.1) is 5.57 Å². The molecular formula is C10H16O3. The second kappa shape index (κ2) is 3.92. The van der Waals surface area contributed by atoms with Crippen molar-refractivity contribution in [1.29, 1.82) is 0 Å². The molecule has 1 heterocycles. The highest BCUT2D eigenvalue weighted by molar-refractivity contribution is 5.91. The van der Waals surface area contributed by atoms with Crippen LogP contribution in [0.1, 0.15) is 20.8 Å². The Morgan fingerprint density at radius 3 is 2.69 bits per heavy atom. The molecule has 0 aromatic rings. The molecule has 0 aliphatic carbocycles. The first-order chi connectivity index (χ1) is 6.07. The smallest absolute Gasteiger partial charge is 0.336 e. The predicted molar refractivity (Wildman–Crippen MR) is 49.3 cm³/mol. The summed E-state index contributed by atoms with van der Waals surface area (Å²) in [4.78, 5) is 11.2. The molecule has 0 N–H and O–H groups in total. The van der Waals surface area contributed by atoms with Crippen molar-refractivity contribution in [2.24, 2.45) is 5.92 Å². The van der Waals surface area contributed by atoms with Gasteiger partial charge in [-0.15, -0.1) is 0 Å². The highest BCUT2D eigenvalue weighted by atomic mass is 16.6. The van der Waals surface area contributed by atoms with Crippen molar-refractivity contribution in [3.8, 4) is 0 Å². The lowest BCUT2D eigenvalue weighted by molar-refractivity contribution is -0.142. The number of rotatable bonds is 3. The van der Waals surface area contributed by atoms with Gasteiger partial charge in [0.2, 0.25) is 0 Å². The summed E-state index contributed by atoms with van der Waals surface area (Å²) in [6.45, 7) is 10.1.